The highest BCUT2D eigenvalue weighted by Gasteiger charge is 2.25. The van der Waals surface area contributed by atoms with Gasteiger partial charge in [0.05, 0.1) is 18.2 Å². The molecule has 0 saturated carbocycles. The van der Waals surface area contributed by atoms with Crippen LogP contribution in [0.3, 0.4) is 0 Å². The summed E-state index contributed by atoms with van der Waals surface area (Å²) in [7, 11) is 1.29. The van der Waals surface area contributed by atoms with E-state index in [2.05, 4.69) is 5.10 Å². The standard InChI is InChI=1S/C21H11F5N4O4/c1-33-15-6-10(9-28-29-21-19(25)17(23)16(22)18(24)20(21)26)2-4-14(15)34-13-5-3-12(30(31)32)7-11(13)8-27/h2-7,9,29H,1H3. The van der Waals surface area contributed by atoms with Crippen molar-refractivity contribution in [3.63, 3.8) is 0 Å². The SMILES string of the molecule is COc1cc(C=NNc2c(F)c(F)c(F)c(F)c2F)ccc1Oc1ccc([N+](=O)[O-])cc1C#N. The molecule has 0 bridgehead atoms. The zero-order valence-electron chi connectivity index (χ0n) is 16.9. The second kappa shape index (κ2) is 9.82. The Balaban J connectivity index is 1.84. The van der Waals surface area contributed by atoms with Crippen molar-refractivity contribution in [1.82, 2.24) is 0 Å². The smallest absolute Gasteiger partial charge is 0.271 e. The largest absolute Gasteiger partial charge is 0.493 e. The molecule has 3 rings (SSSR count). The van der Waals surface area contributed by atoms with Crippen LogP contribution in [0.5, 0.6) is 17.2 Å². The highest BCUT2D eigenvalue weighted by atomic mass is 19.2. The minimum atomic E-state index is -2.29. The normalized spacial score (nSPS) is 10.7. The number of nitro benzene ring substituents is 1. The van der Waals surface area contributed by atoms with E-state index in [4.69, 9.17) is 9.47 Å². The number of non-ortho nitro benzene ring substituents is 1. The van der Waals surface area contributed by atoms with Crippen molar-refractivity contribution in [3.05, 3.63) is 86.7 Å². The van der Waals surface area contributed by atoms with Gasteiger partial charge in [0.25, 0.3) is 5.69 Å². The molecule has 3 aromatic rings. The number of nitro groups is 1. The van der Waals surface area contributed by atoms with Crippen LogP contribution >= 0.6 is 0 Å². The van der Waals surface area contributed by atoms with Crippen molar-refractivity contribution >= 4 is 17.6 Å². The molecule has 0 fully saturated rings. The van der Waals surface area contributed by atoms with Crippen LogP contribution in [-0.4, -0.2) is 18.2 Å². The van der Waals surface area contributed by atoms with E-state index < -0.39 is 39.7 Å². The first-order valence-corrected chi connectivity index (χ1v) is 9.02. The number of halogens is 5. The summed E-state index contributed by atoms with van der Waals surface area (Å²) in [6, 6.07) is 9.34. The second-order valence-electron chi connectivity index (χ2n) is 6.38. The molecule has 0 saturated heterocycles. The molecule has 0 aliphatic carbocycles. The highest BCUT2D eigenvalue weighted by molar-refractivity contribution is 5.81. The van der Waals surface area contributed by atoms with Crippen LogP contribution < -0.4 is 14.9 Å². The summed E-state index contributed by atoms with van der Waals surface area (Å²) in [5.74, 6) is -10.5. The molecule has 0 spiro atoms. The van der Waals surface area contributed by atoms with Gasteiger partial charge in [0.15, 0.2) is 34.8 Å². The highest BCUT2D eigenvalue weighted by Crippen LogP contribution is 2.35. The first-order chi connectivity index (χ1) is 16.2. The summed E-state index contributed by atoms with van der Waals surface area (Å²) in [5, 5.41) is 23.6. The third-order valence-corrected chi connectivity index (χ3v) is 4.30. The quantitative estimate of drug-likeness (QED) is 0.121. The number of nitrogens with one attached hydrogen (secondary N) is 1. The molecule has 34 heavy (non-hydrogen) atoms. The number of nitrogens with zero attached hydrogens (tertiary/aromatic N) is 3. The lowest BCUT2D eigenvalue weighted by Crippen LogP contribution is -2.06. The molecular weight excluding hydrogens is 467 g/mol. The number of hydrazone groups is 1. The van der Waals surface area contributed by atoms with E-state index in [1.54, 1.807) is 11.5 Å². The van der Waals surface area contributed by atoms with Crippen LogP contribution in [-0.2, 0) is 0 Å². The molecule has 174 valence electrons. The van der Waals surface area contributed by atoms with Crippen molar-refractivity contribution in [3.8, 4) is 23.3 Å². The maximum atomic E-state index is 13.7. The van der Waals surface area contributed by atoms with E-state index in [1.807, 2.05) is 0 Å². The van der Waals surface area contributed by atoms with Crippen LogP contribution in [0.1, 0.15) is 11.1 Å². The van der Waals surface area contributed by atoms with Gasteiger partial charge in [-0.25, -0.2) is 22.0 Å². The summed E-state index contributed by atoms with van der Waals surface area (Å²) in [4.78, 5) is 10.2. The summed E-state index contributed by atoms with van der Waals surface area (Å²) in [5.41, 5.74) is 0.301. The molecule has 0 radical (unpaired) electrons. The topological polar surface area (TPSA) is 110 Å². The summed E-state index contributed by atoms with van der Waals surface area (Å²) >= 11 is 0. The number of anilines is 1. The number of hydrogen-bond donors (Lipinski definition) is 1. The van der Waals surface area contributed by atoms with E-state index in [9.17, 15) is 37.3 Å². The van der Waals surface area contributed by atoms with Crippen LogP contribution in [0.15, 0.2) is 41.5 Å². The third kappa shape index (κ3) is 4.70. The molecule has 0 amide bonds. The fourth-order valence-electron chi connectivity index (χ4n) is 2.65. The third-order valence-electron chi connectivity index (χ3n) is 4.30. The van der Waals surface area contributed by atoms with Gasteiger partial charge in [-0.1, -0.05) is 0 Å². The predicted molar refractivity (Wildman–Crippen MR) is 108 cm³/mol. The number of ether oxygens (including phenoxy) is 2. The molecule has 0 aliphatic heterocycles. The first kappa shape index (κ1) is 23.9. The van der Waals surface area contributed by atoms with Gasteiger partial charge in [-0.05, 0) is 29.8 Å². The molecule has 0 aliphatic rings. The van der Waals surface area contributed by atoms with Gasteiger partial charge in [0.2, 0.25) is 5.82 Å². The van der Waals surface area contributed by atoms with Crippen molar-refractivity contribution in [2.24, 2.45) is 5.10 Å². The monoisotopic (exact) mass is 478 g/mol. The van der Waals surface area contributed by atoms with E-state index in [-0.39, 0.29) is 34.1 Å². The van der Waals surface area contributed by atoms with Crippen LogP contribution in [0.2, 0.25) is 0 Å². The molecule has 8 nitrogen and oxygen atoms in total. The van der Waals surface area contributed by atoms with Crippen LogP contribution in [0.25, 0.3) is 0 Å². The Kier molecular flexibility index (Phi) is 6.91. The lowest BCUT2D eigenvalue weighted by atomic mass is 10.2. The van der Waals surface area contributed by atoms with E-state index in [1.165, 1.54) is 31.4 Å². The first-order valence-electron chi connectivity index (χ1n) is 9.02. The van der Waals surface area contributed by atoms with E-state index >= 15 is 0 Å². The fraction of sp³-hybridized carbons (Fsp3) is 0.0476. The Hall–Kier alpha value is -4.73. The Morgan fingerprint density at radius 2 is 1.59 bits per heavy atom. The minimum absolute atomic E-state index is 0.0146. The van der Waals surface area contributed by atoms with Gasteiger partial charge in [-0.2, -0.15) is 10.4 Å². The fourth-order valence-corrected chi connectivity index (χ4v) is 2.65. The van der Waals surface area contributed by atoms with Crippen molar-refractivity contribution in [2.75, 3.05) is 12.5 Å². The van der Waals surface area contributed by atoms with Gasteiger partial charge in [-0.3, -0.25) is 15.5 Å². The maximum Gasteiger partial charge on any atom is 0.271 e. The molecule has 3 aromatic carbocycles. The van der Waals surface area contributed by atoms with Gasteiger partial charge >= 0.3 is 0 Å². The molecular formula is C21H11F5N4O4. The number of nitriles is 1. The van der Waals surface area contributed by atoms with Gasteiger partial charge in [0, 0.05) is 12.1 Å². The minimum Gasteiger partial charge on any atom is -0.493 e. The van der Waals surface area contributed by atoms with E-state index in [0.717, 1.165) is 18.3 Å². The Morgan fingerprint density at radius 1 is 0.971 bits per heavy atom. The summed E-state index contributed by atoms with van der Waals surface area (Å²) < 4.78 is 77.8. The lowest BCUT2D eigenvalue weighted by Gasteiger charge is -2.12. The zero-order valence-corrected chi connectivity index (χ0v) is 16.9. The molecule has 0 aromatic heterocycles. The van der Waals surface area contributed by atoms with Gasteiger partial charge in [-0.15, -0.1) is 0 Å². The Labute approximate surface area is 187 Å². The predicted octanol–water partition coefficient (Wildman–Crippen LogP) is 5.41. The molecule has 13 heteroatoms. The van der Waals surface area contributed by atoms with E-state index in [0.29, 0.717) is 0 Å². The lowest BCUT2D eigenvalue weighted by molar-refractivity contribution is -0.384. The Bertz CT molecular complexity index is 1330. The number of methoxy groups -OCH3 is 1. The molecule has 0 atom stereocenters. The summed E-state index contributed by atoms with van der Waals surface area (Å²) in [6.07, 6.45) is 1.01. The van der Waals surface area contributed by atoms with Gasteiger partial charge in [0.1, 0.15) is 23.1 Å². The molecule has 0 heterocycles. The second-order valence-corrected chi connectivity index (χ2v) is 6.38. The van der Waals surface area contributed by atoms with Gasteiger partial charge < -0.3 is 9.47 Å². The van der Waals surface area contributed by atoms with Crippen LogP contribution in [0.4, 0.5) is 33.3 Å². The van der Waals surface area contributed by atoms with Crippen LogP contribution in [0, 0.1) is 50.5 Å². The zero-order chi connectivity index (χ0) is 25.0. The average Bonchev–Trinajstić information content (AvgIpc) is 2.84. The number of benzene rings is 3. The van der Waals surface area contributed by atoms with Crippen molar-refractivity contribution < 1.29 is 36.3 Å². The van der Waals surface area contributed by atoms with Crippen molar-refractivity contribution in [2.45, 2.75) is 0 Å². The molecule has 0 unspecified atom stereocenters. The number of rotatable bonds is 7. The average molecular weight is 478 g/mol. The van der Waals surface area contributed by atoms with Crippen molar-refractivity contribution in [1.29, 1.82) is 5.26 Å². The Morgan fingerprint density at radius 3 is 2.18 bits per heavy atom. The molecule has 1 N–H and O–H groups in total. The number of hydrogen-bond acceptors (Lipinski definition) is 7. The maximum absolute atomic E-state index is 13.7. The summed E-state index contributed by atoms with van der Waals surface area (Å²) in [6.45, 7) is 0.